The van der Waals surface area contributed by atoms with E-state index in [1.807, 2.05) is 0 Å². The van der Waals surface area contributed by atoms with Gasteiger partial charge >= 0.3 is 0 Å². The molecule has 0 saturated heterocycles. The van der Waals surface area contributed by atoms with Crippen molar-refractivity contribution < 1.29 is 4.68 Å². The molecule has 0 saturated carbocycles. The fourth-order valence-electron chi connectivity index (χ4n) is 0.455. The Hall–Kier alpha value is -1.12. The van der Waals surface area contributed by atoms with Gasteiger partial charge in [0.2, 0.25) is 0 Å². The molecule has 1 aromatic rings. The molecule has 0 aromatic carbocycles. The average Bonchev–Trinajstić information content (AvgIpc) is 1.77. The molecule has 0 aliphatic heterocycles. The van der Waals surface area contributed by atoms with Gasteiger partial charge in [0.05, 0.1) is 6.20 Å². The Bertz CT molecular complexity index is 164. The highest BCUT2D eigenvalue weighted by Crippen LogP contribution is 1.83. The molecule has 3 nitrogen and oxygen atoms in total. The molecule has 1 heterocycles. The van der Waals surface area contributed by atoms with Crippen LogP contribution >= 0.6 is 0 Å². The Morgan fingerprint density at radius 1 is 1.75 bits per heavy atom. The van der Waals surface area contributed by atoms with Gasteiger partial charge in [0.1, 0.15) is 7.05 Å². The van der Waals surface area contributed by atoms with E-state index in [1.165, 1.54) is 0 Å². The van der Waals surface area contributed by atoms with Crippen molar-refractivity contribution in [1.82, 2.24) is 5.10 Å². The zero-order valence-corrected chi connectivity index (χ0v) is 4.70. The van der Waals surface area contributed by atoms with Crippen LogP contribution in [0.15, 0.2) is 18.3 Å². The van der Waals surface area contributed by atoms with Crippen molar-refractivity contribution in [2.75, 3.05) is 5.73 Å². The smallest absolute Gasteiger partial charge is 0.285 e. The highest BCUT2D eigenvalue weighted by molar-refractivity contribution is 5.16. The normalized spacial score (nSPS) is 9.12. The minimum absolute atomic E-state index is 0.674. The second-order valence-corrected chi connectivity index (χ2v) is 1.57. The van der Waals surface area contributed by atoms with Gasteiger partial charge in [-0.1, -0.05) is 5.10 Å². The lowest BCUT2D eigenvalue weighted by atomic mass is 10.5. The first-order valence-corrected chi connectivity index (χ1v) is 2.37. The van der Waals surface area contributed by atoms with Crippen LogP contribution in [0.25, 0.3) is 0 Å². The van der Waals surface area contributed by atoms with Crippen LogP contribution in [0.4, 0.5) is 5.82 Å². The van der Waals surface area contributed by atoms with Crippen LogP contribution in [0, 0.1) is 0 Å². The van der Waals surface area contributed by atoms with Gasteiger partial charge in [-0.2, -0.15) is 0 Å². The topological polar surface area (TPSA) is 42.8 Å². The molecule has 0 bridgehead atoms. The summed E-state index contributed by atoms with van der Waals surface area (Å²) >= 11 is 0. The predicted molar refractivity (Wildman–Crippen MR) is 29.8 cm³/mol. The monoisotopic (exact) mass is 110 g/mol. The molecule has 8 heavy (non-hydrogen) atoms. The Labute approximate surface area is 47.8 Å². The van der Waals surface area contributed by atoms with E-state index >= 15 is 0 Å². The summed E-state index contributed by atoms with van der Waals surface area (Å²) in [7, 11) is 1.80. The Kier molecular flexibility index (Phi) is 1.12. The number of hydrogen-bond donors (Lipinski definition) is 1. The van der Waals surface area contributed by atoms with E-state index in [0.717, 1.165) is 0 Å². The van der Waals surface area contributed by atoms with E-state index < -0.39 is 0 Å². The number of nitrogen functional groups attached to an aromatic ring is 1. The molecule has 0 amide bonds. The number of aromatic nitrogens is 2. The van der Waals surface area contributed by atoms with Gasteiger partial charge in [-0.25, -0.2) is 0 Å². The van der Waals surface area contributed by atoms with E-state index in [4.69, 9.17) is 5.73 Å². The quantitative estimate of drug-likeness (QED) is 0.457. The predicted octanol–water partition coefficient (Wildman–Crippen LogP) is -0.512. The van der Waals surface area contributed by atoms with E-state index in [2.05, 4.69) is 5.10 Å². The van der Waals surface area contributed by atoms with Crippen molar-refractivity contribution in [3.05, 3.63) is 18.3 Å². The van der Waals surface area contributed by atoms with Gasteiger partial charge in [0.15, 0.2) is 0 Å². The van der Waals surface area contributed by atoms with E-state index in [0.29, 0.717) is 5.82 Å². The van der Waals surface area contributed by atoms with E-state index in [-0.39, 0.29) is 0 Å². The van der Waals surface area contributed by atoms with Gasteiger partial charge in [-0.15, -0.1) is 4.68 Å². The minimum Gasteiger partial charge on any atom is -0.285 e. The lowest BCUT2D eigenvalue weighted by Crippen LogP contribution is -2.35. The number of rotatable bonds is 0. The maximum Gasteiger partial charge on any atom is 0.292 e. The number of hydrogen-bond acceptors (Lipinski definition) is 2. The maximum absolute atomic E-state index is 5.42. The van der Waals surface area contributed by atoms with Gasteiger partial charge in [0.25, 0.3) is 5.82 Å². The van der Waals surface area contributed by atoms with Crippen LogP contribution in [0.3, 0.4) is 0 Å². The molecule has 0 radical (unpaired) electrons. The third-order valence-corrected chi connectivity index (χ3v) is 0.967. The SMILES string of the molecule is C[n+]1ncccc1N. The third-order valence-electron chi connectivity index (χ3n) is 0.967. The van der Waals surface area contributed by atoms with Crippen molar-refractivity contribution in [3.8, 4) is 0 Å². The Morgan fingerprint density at radius 2 is 2.50 bits per heavy atom. The summed E-state index contributed by atoms with van der Waals surface area (Å²) in [4.78, 5) is 0. The van der Waals surface area contributed by atoms with Crippen LogP contribution in [0.5, 0.6) is 0 Å². The maximum atomic E-state index is 5.42. The van der Waals surface area contributed by atoms with Crippen LogP contribution < -0.4 is 10.4 Å². The molecule has 0 spiro atoms. The summed E-state index contributed by atoms with van der Waals surface area (Å²) in [6.07, 6.45) is 1.69. The highest BCUT2D eigenvalue weighted by atomic mass is 15.3. The van der Waals surface area contributed by atoms with Crippen molar-refractivity contribution in [2.45, 2.75) is 0 Å². The minimum atomic E-state index is 0.674. The van der Waals surface area contributed by atoms with Gasteiger partial charge in [-0.3, -0.25) is 5.73 Å². The van der Waals surface area contributed by atoms with Crippen molar-refractivity contribution in [2.24, 2.45) is 7.05 Å². The van der Waals surface area contributed by atoms with E-state index in [1.54, 1.807) is 30.1 Å². The van der Waals surface area contributed by atoms with Crippen molar-refractivity contribution in [3.63, 3.8) is 0 Å². The standard InChI is InChI=1S/C5H7N3/c1-8-5(6)3-2-4-7-8/h2-4,6H,1H3/p+1. The van der Waals surface area contributed by atoms with E-state index in [9.17, 15) is 0 Å². The molecule has 1 aromatic heterocycles. The molecule has 1 rings (SSSR count). The summed E-state index contributed by atoms with van der Waals surface area (Å²) in [6, 6.07) is 3.60. The lowest BCUT2D eigenvalue weighted by Gasteiger charge is -1.87. The Morgan fingerprint density at radius 3 is 2.88 bits per heavy atom. The van der Waals surface area contributed by atoms with Crippen molar-refractivity contribution in [1.29, 1.82) is 0 Å². The number of aryl methyl sites for hydroxylation is 1. The lowest BCUT2D eigenvalue weighted by molar-refractivity contribution is -0.716. The van der Waals surface area contributed by atoms with Crippen LogP contribution in [-0.2, 0) is 7.05 Å². The summed E-state index contributed by atoms with van der Waals surface area (Å²) in [6.45, 7) is 0. The second-order valence-electron chi connectivity index (χ2n) is 1.57. The van der Waals surface area contributed by atoms with Crippen LogP contribution in [0.2, 0.25) is 0 Å². The average molecular weight is 110 g/mol. The van der Waals surface area contributed by atoms with Crippen LogP contribution in [0.1, 0.15) is 0 Å². The van der Waals surface area contributed by atoms with Gasteiger partial charge in [-0.05, 0) is 6.07 Å². The van der Waals surface area contributed by atoms with Gasteiger partial charge < -0.3 is 0 Å². The molecular formula is C5H8N3+. The van der Waals surface area contributed by atoms with Crippen molar-refractivity contribution >= 4 is 5.82 Å². The number of anilines is 1. The molecule has 0 atom stereocenters. The largest absolute Gasteiger partial charge is 0.292 e. The molecule has 0 fully saturated rings. The highest BCUT2D eigenvalue weighted by Gasteiger charge is 1.92. The third kappa shape index (κ3) is 0.753. The Balaban J connectivity index is 3.13. The fraction of sp³-hybridized carbons (Fsp3) is 0.200. The first-order valence-electron chi connectivity index (χ1n) is 2.37. The number of nitrogens with two attached hydrogens (primary N) is 1. The molecule has 0 aliphatic carbocycles. The second kappa shape index (κ2) is 1.78. The summed E-state index contributed by atoms with van der Waals surface area (Å²) in [5.41, 5.74) is 5.42. The first-order chi connectivity index (χ1) is 3.80. The number of nitrogens with zero attached hydrogens (tertiary/aromatic N) is 2. The first kappa shape index (κ1) is 5.03. The molecule has 2 N–H and O–H groups in total. The molecule has 0 unspecified atom stereocenters. The summed E-state index contributed by atoms with van der Waals surface area (Å²) in [5.74, 6) is 0.674. The molecule has 3 heteroatoms. The van der Waals surface area contributed by atoms with Crippen LogP contribution in [-0.4, -0.2) is 5.10 Å². The van der Waals surface area contributed by atoms with Gasteiger partial charge in [0, 0.05) is 6.07 Å². The zero-order valence-electron chi connectivity index (χ0n) is 4.70. The molecule has 42 valence electrons. The summed E-state index contributed by atoms with van der Waals surface area (Å²) < 4.78 is 1.61. The fourth-order valence-corrected chi connectivity index (χ4v) is 0.455. The molecular weight excluding hydrogens is 102 g/mol. The zero-order chi connectivity index (χ0) is 5.98. The molecule has 0 aliphatic rings. The summed E-state index contributed by atoms with van der Waals surface area (Å²) in [5, 5.41) is 3.87.